The van der Waals surface area contributed by atoms with E-state index >= 15 is 0 Å². The van der Waals surface area contributed by atoms with Crippen molar-refractivity contribution >= 4 is 21.7 Å². The average molecular weight is 334 g/mol. The third-order valence-electron chi connectivity index (χ3n) is 3.53. The van der Waals surface area contributed by atoms with E-state index in [-0.39, 0.29) is 5.78 Å². The van der Waals surface area contributed by atoms with Crippen LogP contribution in [0.25, 0.3) is 0 Å². The second-order valence-corrected chi connectivity index (χ2v) is 5.93. The van der Waals surface area contributed by atoms with E-state index in [0.29, 0.717) is 13.0 Å². The molecule has 0 unspecified atom stereocenters. The van der Waals surface area contributed by atoms with E-state index in [4.69, 9.17) is 4.74 Å². The molecule has 20 heavy (non-hydrogen) atoms. The summed E-state index contributed by atoms with van der Waals surface area (Å²) in [5, 5.41) is 0. The first-order valence-corrected chi connectivity index (χ1v) is 7.62. The van der Waals surface area contributed by atoms with Crippen molar-refractivity contribution in [1.82, 2.24) is 4.57 Å². The van der Waals surface area contributed by atoms with Crippen LogP contribution in [0.5, 0.6) is 5.75 Å². The summed E-state index contributed by atoms with van der Waals surface area (Å²) in [5.74, 6) is 1.13. The van der Waals surface area contributed by atoms with Crippen LogP contribution < -0.4 is 4.74 Å². The fraction of sp³-hybridized carbons (Fsp3) is 0.312. The first kappa shape index (κ1) is 13.4. The van der Waals surface area contributed by atoms with Gasteiger partial charge in [0.15, 0.2) is 5.78 Å². The van der Waals surface area contributed by atoms with Crippen LogP contribution in [0.3, 0.4) is 0 Å². The molecule has 1 aromatic carbocycles. The van der Waals surface area contributed by atoms with Gasteiger partial charge in [-0.3, -0.25) is 4.79 Å². The summed E-state index contributed by atoms with van der Waals surface area (Å²) in [6.45, 7) is 1.35. The van der Waals surface area contributed by atoms with Gasteiger partial charge < -0.3 is 9.30 Å². The first-order chi connectivity index (χ1) is 9.72. The van der Waals surface area contributed by atoms with E-state index in [9.17, 15) is 4.79 Å². The van der Waals surface area contributed by atoms with Gasteiger partial charge in [-0.25, -0.2) is 0 Å². The summed E-state index contributed by atoms with van der Waals surface area (Å²) in [6, 6.07) is 7.81. The number of fused-ring (bicyclic) bond motifs is 1. The number of aryl methyl sites for hydroxylation is 1. The molecule has 0 atom stereocenters. The standard InChI is InChI=1S/C16H16BrNO2/c17-13-4-2-5-14(9-13)20-8-7-18-10-12-3-1-6-16(19)15(12)11-18/h2,4-5,9-11H,1,3,6-8H2. The number of rotatable bonds is 4. The minimum atomic E-state index is 0.276. The molecule has 0 saturated carbocycles. The summed E-state index contributed by atoms with van der Waals surface area (Å²) in [6.07, 6.45) is 6.72. The van der Waals surface area contributed by atoms with Gasteiger partial charge >= 0.3 is 0 Å². The molecule has 2 aromatic rings. The number of ketones is 1. The first-order valence-electron chi connectivity index (χ1n) is 6.82. The molecule has 104 valence electrons. The predicted octanol–water partition coefficient (Wildman–Crippen LogP) is 3.85. The Morgan fingerprint density at radius 3 is 2.95 bits per heavy atom. The number of benzene rings is 1. The Morgan fingerprint density at radius 2 is 2.15 bits per heavy atom. The Morgan fingerprint density at radius 1 is 1.25 bits per heavy atom. The van der Waals surface area contributed by atoms with Gasteiger partial charge in [0.25, 0.3) is 0 Å². The molecular formula is C16H16BrNO2. The van der Waals surface area contributed by atoms with E-state index in [0.717, 1.165) is 35.2 Å². The molecule has 0 bridgehead atoms. The molecule has 4 heteroatoms. The zero-order chi connectivity index (χ0) is 13.9. The third kappa shape index (κ3) is 2.96. The maximum atomic E-state index is 11.8. The van der Waals surface area contributed by atoms with Crippen LogP contribution in [0.1, 0.15) is 28.8 Å². The zero-order valence-electron chi connectivity index (χ0n) is 11.1. The number of Topliss-reactive ketones (excluding diaryl/α,β-unsaturated/α-hetero) is 1. The fourth-order valence-corrected chi connectivity index (χ4v) is 2.91. The Hall–Kier alpha value is -1.55. The monoisotopic (exact) mass is 333 g/mol. The average Bonchev–Trinajstić information content (AvgIpc) is 2.83. The Labute approximate surface area is 126 Å². The SMILES string of the molecule is O=C1CCCc2cn(CCOc3cccc(Br)c3)cc21. The lowest BCUT2D eigenvalue weighted by Crippen LogP contribution is -2.07. The van der Waals surface area contributed by atoms with Crippen molar-refractivity contribution in [1.29, 1.82) is 0 Å². The van der Waals surface area contributed by atoms with Gasteiger partial charge in [0.2, 0.25) is 0 Å². The summed E-state index contributed by atoms with van der Waals surface area (Å²) >= 11 is 3.42. The van der Waals surface area contributed by atoms with E-state index in [1.165, 1.54) is 5.56 Å². The molecule has 0 aliphatic heterocycles. The van der Waals surface area contributed by atoms with Crippen LogP contribution in [-0.4, -0.2) is 17.0 Å². The molecule has 0 N–H and O–H groups in total. The van der Waals surface area contributed by atoms with Crippen molar-refractivity contribution in [2.45, 2.75) is 25.8 Å². The molecule has 1 aliphatic rings. The molecule has 1 aromatic heterocycles. The van der Waals surface area contributed by atoms with Gasteiger partial charge in [0.1, 0.15) is 12.4 Å². The van der Waals surface area contributed by atoms with Crippen LogP contribution in [0.4, 0.5) is 0 Å². The minimum absolute atomic E-state index is 0.276. The van der Waals surface area contributed by atoms with Crippen molar-refractivity contribution in [3.05, 3.63) is 52.3 Å². The maximum Gasteiger partial charge on any atom is 0.164 e. The summed E-state index contributed by atoms with van der Waals surface area (Å²) in [4.78, 5) is 11.8. The van der Waals surface area contributed by atoms with Crippen molar-refractivity contribution in [2.24, 2.45) is 0 Å². The van der Waals surface area contributed by atoms with Crippen molar-refractivity contribution in [2.75, 3.05) is 6.61 Å². The van der Waals surface area contributed by atoms with E-state index in [1.54, 1.807) is 0 Å². The summed E-state index contributed by atoms with van der Waals surface area (Å²) in [5.41, 5.74) is 2.09. The number of nitrogens with zero attached hydrogens (tertiary/aromatic N) is 1. The lowest BCUT2D eigenvalue weighted by Gasteiger charge is -2.07. The largest absolute Gasteiger partial charge is 0.492 e. The van der Waals surface area contributed by atoms with Crippen molar-refractivity contribution in [3.63, 3.8) is 0 Å². The predicted molar refractivity (Wildman–Crippen MR) is 81.3 cm³/mol. The van der Waals surface area contributed by atoms with Gasteiger partial charge in [-0.1, -0.05) is 22.0 Å². The smallest absolute Gasteiger partial charge is 0.164 e. The lowest BCUT2D eigenvalue weighted by atomic mass is 9.95. The van der Waals surface area contributed by atoms with Crippen molar-refractivity contribution < 1.29 is 9.53 Å². The number of hydrogen-bond acceptors (Lipinski definition) is 2. The van der Waals surface area contributed by atoms with Gasteiger partial charge in [-0.05, 0) is 36.6 Å². The molecule has 1 aliphatic carbocycles. The van der Waals surface area contributed by atoms with Gasteiger partial charge in [-0.2, -0.15) is 0 Å². The molecule has 0 saturated heterocycles. The number of ether oxygens (including phenoxy) is 1. The zero-order valence-corrected chi connectivity index (χ0v) is 12.7. The second kappa shape index (κ2) is 5.83. The Bertz CT molecular complexity index is 633. The highest BCUT2D eigenvalue weighted by atomic mass is 79.9. The molecule has 1 heterocycles. The second-order valence-electron chi connectivity index (χ2n) is 5.02. The molecule has 3 nitrogen and oxygen atoms in total. The Kier molecular flexibility index (Phi) is 3.92. The lowest BCUT2D eigenvalue weighted by molar-refractivity contribution is 0.0973. The number of aromatic nitrogens is 1. The molecule has 0 spiro atoms. The van der Waals surface area contributed by atoms with Crippen LogP contribution in [-0.2, 0) is 13.0 Å². The van der Waals surface area contributed by atoms with E-state index in [1.807, 2.05) is 30.5 Å². The topological polar surface area (TPSA) is 31.2 Å². The highest BCUT2D eigenvalue weighted by molar-refractivity contribution is 9.10. The number of hydrogen-bond donors (Lipinski definition) is 0. The van der Waals surface area contributed by atoms with E-state index < -0.39 is 0 Å². The normalized spacial score (nSPS) is 14.2. The van der Waals surface area contributed by atoms with Gasteiger partial charge in [-0.15, -0.1) is 0 Å². The van der Waals surface area contributed by atoms with Crippen molar-refractivity contribution in [3.8, 4) is 5.75 Å². The van der Waals surface area contributed by atoms with Gasteiger partial charge in [0.05, 0.1) is 6.54 Å². The molecule has 3 rings (SSSR count). The minimum Gasteiger partial charge on any atom is -0.492 e. The number of halogens is 1. The van der Waals surface area contributed by atoms with Crippen LogP contribution in [0.2, 0.25) is 0 Å². The number of carbonyl (C=O) groups excluding carboxylic acids is 1. The molecule has 0 fully saturated rings. The Balaban J connectivity index is 1.60. The third-order valence-corrected chi connectivity index (χ3v) is 4.02. The fourth-order valence-electron chi connectivity index (χ4n) is 2.53. The molecular weight excluding hydrogens is 318 g/mol. The highest BCUT2D eigenvalue weighted by Gasteiger charge is 2.18. The summed E-state index contributed by atoms with van der Waals surface area (Å²) in [7, 11) is 0. The quantitative estimate of drug-likeness (QED) is 0.850. The maximum absolute atomic E-state index is 11.8. The molecule has 0 amide bonds. The highest BCUT2D eigenvalue weighted by Crippen LogP contribution is 2.22. The number of carbonyl (C=O) groups is 1. The summed E-state index contributed by atoms with van der Waals surface area (Å²) < 4.78 is 8.79. The van der Waals surface area contributed by atoms with Gasteiger partial charge in [0, 0.05) is 28.9 Å². The van der Waals surface area contributed by atoms with Crippen LogP contribution in [0.15, 0.2) is 41.1 Å². The van der Waals surface area contributed by atoms with Crippen LogP contribution >= 0.6 is 15.9 Å². The van der Waals surface area contributed by atoms with E-state index in [2.05, 4.69) is 26.7 Å². The molecule has 0 radical (unpaired) electrons. The van der Waals surface area contributed by atoms with Crippen LogP contribution in [0, 0.1) is 0 Å².